The molecular weight excluding hydrogens is 354 g/mol. The van der Waals surface area contributed by atoms with Crippen LogP contribution in [0, 0.1) is 16.7 Å². The van der Waals surface area contributed by atoms with E-state index in [1.165, 1.54) is 23.4 Å². The maximum Gasteiger partial charge on any atom is 0.337 e. The topological polar surface area (TPSA) is 202 Å². The lowest BCUT2D eigenvalue weighted by Gasteiger charge is -2.13. The largest absolute Gasteiger partial charge is 0.480 e. The molecule has 1 aromatic heterocycles. The summed E-state index contributed by atoms with van der Waals surface area (Å²) in [5.74, 6) is -1.60. The number of carbonyl (C=O) groups is 2. The Morgan fingerprint density at radius 2 is 1.85 bits per heavy atom. The van der Waals surface area contributed by atoms with Gasteiger partial charge in [-0.2, -0.15) is 0 Å². The molecule has 11 nitrogen and oxygen atoms in total. The molecular formula is C16H29N7O4. The lowest BCUT2D eigenvalue weighted by molar-refractivity contribution is -0.138. The average molecular weight is 383 g/mol. The van der Waals surface area contributed by atoms with Gasteiger partial charge in [0.1, 0.15) is 6.04 Å². The number of nitrogens with zero attached hydrogens (tertiary/aromatic N) is 2. The van der Waals surface area contributed by atoms with Crippen molar-refractivity contribution < 1.29 is 19.8 Å². The van der Waals surface area contributed by atoms with Crippen LogP contribution in [0.3, 0.4) is 0 Å². The molecule has 152 valence electrons. The number of aromatic nitrogens is 1. The Bertz CT molecular complexity index is 606. The number of hydrogen-bond donors (Lipinski definition) is 7. The van der Waals surface area contributed by atoms with Crippen LogP contribution in [0.15, 0.2) is 24.5 Å². The normalized spacial score (nSPS) is 10.3. The number of nitrogens with one attached hydrogen (secondary N) is 3. The van der Waals surface area contributed by atoms with Crippen molar-refractivity contribution in [2.24, 2.45) is 17.4 Å². The van der Waals surface area contributed by atoms with E-state index in [-0.39, 0.29) is 17.5 Å². The molecule has 1 heterocycles. The summed E-state index contributed by atoms with van der Waals surface area (Å²) in [5, 5.41) is 32.7. The Balaban J connectivity index is 0. The van der Waals surface area contributed by atoms with Crippen LogP contribution in [-0.2, 0) is 4.79 Å². The first-order valence-electron chi connectivity index (χ1n) is 7.87. The van der Waals surface area contributed by atoms with Gasteiger partial charge in [0.15, 0.2) is 11.9 Å². The third-order valence-electron chi connectivity index (χ3n) is 2.65. The number of guanidine groups is 2. The van der Waals surface area contributed by atoms with Crippen LogP contribution < -0.4 is 16.8 Å². The van der Waals surface area contributed by atoms with Gasteiger partial charge in [-0.05, 0) is 24.5 Å². The third-order valence-corrected chi connectivity index (χ3v) is 2.65. The average Bonchev–Trinajstić information content (AvgIpc) is 2.55. The maximum atomic E-state index is 10.2. The predicted molar refractivity (Wildman–Crippen MR) is 103 cm³/mol. The number of nitrogens with two attached hydrogens (primary N) is 2. The van der Waals surface area contributed by atoms with Crippen molar-refractivity contribution in [1.82, 2.24) is 15.2 Å². The van der Waals surface area contributed by atoms with Crippen molar-refractivity contribution in [3.63, 3.8) is 0 Å². The summed E-state index contributed by atoms with van der Waals surface area (Å²) in [6, 6.07) is 2.39. The van der Waals surface area contributed by atoms with Crippen molar-refractivity contribution >= 4 is 23.9 Å². The second kappa shape index (κ2) is 14.0. The molecule has 11 heteroatoms. The highest BCUT2D eigenvalue weighted by Gasteiger charge is 2.11. The first kappa shape index (κ1) is 26.0. The van der Waals surface area contributed by atoms with Gasteiger partial charge in [0.2, 0.25) is 0 Å². The van der Waals surface area contributed by atoms with E-state index in [0.29, 0.717) is 12.3 Å². The molecule has 0 aliphatic carbocycles. The van der Waals surface area contributed by atoms with Crippen molar-refractivity contribution in [1.29, 1.82) is 10.8 Å². The SMILES string of the molecule is CC(C)C[C@H](N)C(=O)O.CN(C)C(=N)NC(=N)N.O=C(O)c1cccnc1. The zero-order chi connectivity index (χ0) is 21.6. The molecule has 0 saturated carbocycles. The summed E-state index contributed by atoms with van der Waals surface area (Å²) >= 11 is 0. The summed E-state index contributed by atoms with van der Waals surface area (Å²) in [6.45, 7) is 3.89. The smallest absolute Gasteiger partial charge is 0.337 e. The van der Waals surface area contributed by atoms with Gasteiger partial charge in [0.25, 0.3) is 0 Å². The zero-order valence-electron chi connectivity index (χ0n) is 15.9. The van der Waals surface area contributed by atoms with Crippen LogP contribution in [0.1, 0.15) is 30.6 Å². The maximum absolute atomic E-state index is 10.2. The minimum absolute atomic E-state index is 0.113. The van der Waals surface area contributed by atoms with Crippen molar-refractivity contribution in [3.8, 4) is 0 Å². The lowest BCUT2D eigenvalue weighted by atomic mass is 10.1. The summed E-state index contributed by atoms with van der Waals surface area (Å²) in [6.07, 6.45) is 3.39. The minimum atomic E-state index is -0.942. The number of hydrogen-bond acceptors (Lipinski definition) is 6. The molecule has 1 rings (SSSR count). The molecule has 0 spiro atoms. The van der Waals surface area contributed by atoms with E-state index in [0.717, 1.165) is 0 Å². The number of carboxylic acid groups (broad SMARTS) is 2. The fourth-order valence-corrected chi connectivity index (χ4v) is 1.34. The van der Waals surface area contributed by atoms with Crippen LogP contribution >= 0.6 is 0 Å². The molecule has 0 saturated heterocycles. The van der Waals surface area contributed by atoms with Crippen LogP contribution in [0.25, 0.3) is 0 Å². The van der Waals surface area contributed by atoms with Crippen molar-refractivity contribution in [2.75, 3.05) is 14.1 Å². The first-order valence-corrected chi connectivity index (χ1v) is 7.87. The highest BCUT2D eigenvalue weighted by molar-refractivity contribution is 5.94. The summed E-state index contributed by atoms with van der Waals surface area (Å²) in [7, 11) is 3.39. The Hall–Kier alpha value is -3.21. The molecule has 1 aromatic rings. The van der Waals surface area contributed by atoms with E-state index in [2.05, 4.69) is 10.3 Å². The van der Waals surface area contributed by atoms with Crippen LogP contribution in [0.2, 0.25) is 0 Å². The Morgan fingerprint density at radius 3 is 2.04 bits per heavy atom. The zero-order valence-corrected chi connectivity index (χ0v) is 15.9. The molecule has 0 aliphatic heterocycles. The monoisotopic (exact) mass is 383 g/mol. The third kappa shape index (κ3) is 16.0. The van der Waals surface area contributed by atoms with E-state index < -0.39 is 18.0 Å². The Labute approximate surface area is 158 Å². The molecule has 9 N–H and O–H groups in total. The first-order chi connectivity index (χ1) is 12.4. The molecule has 0 aromatic carbocycles. The van der Waals surface area contributed by atoms with Crippen molar-refractivity contribution in [2.45, 2.75) is 26.3 Å². The predicted octanol–water partition coefficient (Wildman–Crippen LogP) is 0.190. The van der Waals surface area contributed by atoms with Crippen LogP contribution in [0.4, 0.5) is 0 Å². The lowest BCUT2D eigenvalue weighted by Crippen LogP contribution is -2.42. The molecule has 1 atom stereocenters. The molecule has 0 fully saturated rings. The van der Waals surface area contributed by atoms with Crippen molar-refractivity contribution in [3.05, 3.63) is 30.1 Å². The van der Waals surface area contributed by atoms with Crippen LogP contribution in [-0.4, -0.2) is 64.1 Å². The highest BCUT2D eigenvalue weighted by Crippen LogP contribution is 2.01. The van der Waals surface area contributed by atoms with Gasteiger partial charge in [-0.3, -0.25) is 25.9 Å². The van der Waals surface area contributed by atoms with E-state index in [4.69, 9.17) is 32.5 Å². The Kier molecular flexibility index (Phi) is 13.5. The summed E-state index contributed by atoms with van der Waals surface area (Å²) in [4.78, 5) is 25.4. The van der Waals surface area contributed by atoms with E-state index >= 15 is 0 Å². The molecule has 0 bridgehead atoms. The van der Waals surface area contributed by atoms with Gasteiger partial charge in [-0.25, -0.2) is 4.79 Å². The fourth-order valence-electron chi connectivity index (χ4n) is 1.34. The van der Waals surface area contributed by atoms with Gasteiger partial charge >= 0.3 is 11.9 Å². The second-order valence-electron chi connectivity index (χ2n) is 5.90. The number of carboxylic acids is 2. The fraction of sp³-hybridized carbons (Fsp3) is 0.438. The summed E-state index contributed by atoms with van der Waals surface area (Å²) < 4.78 is 0. The van der Waals surface area contributed by atoms with Gasteiger partial charge in [0.05, 0.1) is 5.56 Å². The summed E-state index contributed by atoms with van der Waals surface area (Å²) in [5.41, 5.74) is 10.4. The van der Waals surface area contributed by atoms with E-state index in [1.54, 1.807) is 20.2 Å². The molecule has 27 heavy (non-hydrogen) atoms. The highest BCUT2D eigenvalue weighted by atomic mass is 16.4. The standard InChI is InChI=1S/C6H5NO2.C6H13NO2.C4H11N5/c8-6(9)5-2-1-3-7-4-5;1-4(2)3-5(7)6(8)9;1-9(2)4(7)8-3(5)6/h1-4H,(H,8,9);4-5H,3,7H2,1-2H3,(H,8,9);1-2H3,(H5,5,6,7,8)/t;5-;/m.0./s1. The quantitative estimate of drug-likeness (QED) is 0.279. The molecule has 0 unspecified atom stereocenters. The van der Waals surface area contributed by atoms with Gasteiger partial charge in [-0.1, -0.05) is 13.8 Å². The molecule has 0 amide bonds. The Morgan fingerprint density at radius 1 is 1.30 bits per heavy atom. The number of pyridine rings is 1. The van der Waals surface area contributed by atoms with Crippen LogP contribution in [0.5, 0.6) is 0 Å². The van der Waals surface area contributed by atoms with Gasteiger partial charge < -0.3 is 26.6 Å². The number of aliphatic carboxylic acids is 1. The molecule has 0 radical (unpaired) electrons. The van der Waals surface area contributed by atoms with E-state index in [1.807, 2.05) is 13.8 Å². The number of aromatic carboxylic acids is 1. The van der Waals surface area contributed by atoms with E-state index in [9.17, 15) is 9.59 Å². The molecule has 0 aliphatic rings. The number of rotatable bonds is 4. The minimum Gasteiger partial charge on any atom is -0.480 e. The second-order valence-corrected chi connectivity index (χ2v) is 5.90. The van der Waals surface area contributed by atoms with Gasteiger partial charge in [0, 0.05) is 26.5 Å². The van der Waals surface area contributed by atoms with Gasteiger partial charge in [-0.15, -0.1) is 0 Å².